The van der Waals surface area contributed by atoms with Crippen molar-refractivity contribution < 1.29 is 4.74 Å². The minimum atomic E-state index is 0.452. The number of nitrogens with two attached hydrogens (primary N) is 2. The molecule has 100 valence electrons. The van der Waals surface area contributed by atoms with Gasteiger partial charge in [0, 0.05) is 26.8 Å². The van der Waals surface area contributed by atoms with E-state index in [4.69, 9.17) is 16.4 Å². The third kappa shape index (κ3) is 2.73. The van der Waals surface area contributed by atoms with E-state index in [1.807, 2.05) is 6.07 Å². The van der Waals surface area contributed by atoms with Gasteiger partial charge in [-0.3, -0.25) is 0 Å². The lowest BCUT2D eigenvalue weighted by Crippen LogP contribution is -2.38. The predicted molar refractivity (Wildman–Crippen MR) is 68.9 cm³/mol. The lowest BCUT2D eigenvalue weighted by Gasteiger charge is -2.32. The summed E-state index contributed by atoms with van der Waals surface area (Å²) < 4.78 is 5.19. The number of methoxy groups -OCH3 is 1. The predicted octanol–water partition coefficient (Wildman–Crippen LogP) is -0.766. The van der Waals surface area contributed by atoms with E-state index in [-0.39, 0.29) is 0 Å². The molecule has 1 aromatic heterocycles. The van der Waals surface area contributed by atoms with E-state index in [1.54, 1.807) is 13.2 Å². The molecule has 7 heteroatoms. The van der Waals surface area contributed by atoms with Crippen molar-refractivity contribution in [2.24, 2.45) is 16.9 Å². The molecular weight excluding hydrogens is 232 g/mol. The molecule has 1 aliphatic rings. The third-order valence-corrected chi connectivity index (χ3v) is 3.30. The van der Waals surface area contributed by atoms with Gasteiger partial charge in [-0.25, -0.2) is 0 Å². The monoisotopic (exact) mass is 252 g/mol. The van der Waals surface area contributed by atoms with Gasteiger partial charge < -0.3 is 21.3 Å². The molecule has 2 heterocycles. The number of nitrogen functional groups attached to an aromatic ring is 1. The summed E-state index contributed by atoms with van der Waals surface area (Å²) in [4.78, 5) is 3.42. The fourth-order valence-corrected chi connectivity index (χ4v) is 2.26. The number of nitrogens with zero attached hydrogens (tertiary/aromatic N) is 4. The molecule has 0 aliphatic carbocycles. The van der Waals surface area contributed by atoms with Gasteiger partial charge in [0.05, 0.1) is 0 Å². The number of piperidine rings is 1. The SMILES string of the molecule is COCC1CCN(c2cc/c(=N/N)n(N)n2)CC1. The van der Waals surface area contributed by atoms with Crippen molar-refractivity contribution in [3.05, 3.63) is 17.6 Å². The molecule has 2 rings (SSSR count). The first-order valence-corrected chi connectivity index (χ1v) is 6.08. The Morgan fingerprint density at radius 1 is 1.44 bits per heavy atom. The van der Waals surface area contributed by atoms with Gasteiger partial charge in [0.25, 0.3) is 0 Å². The normalized spacial score (nSPS) is 18.3. The summed E-state index contributed by atoms with van der Waals surface area (Å²) in [5.74, 6) is 12.4. The Morgan fingerprint density at radius 2 is 2.17 bits per heavy atom. The maximum absolute atomic E-state index is 5.70. The molecule has 1 aromatic rings. The first kappa shape index (κ1) is 12.7. The Labute approximate surface area is 106 Å². The van der Waals surface area contributed by atoms with Crippen LogP contribution in [0.4, 0.5) is 5.82 Å². The second-order valence-electron chi connectivity index (χ2n) is 4.51. The molecule has 0 aromatic carbocycles. The zero-order valence-corrected chi connectivity index (χ0v) is 10.6. The van der Waals surface area contributed by atoms with Gasteiger partial charge >= 0.3 is 0 Å². The molecule has 0 saturated carbocycles. The molecule has 0 spiro atoms. The van der Waals surface area contributed by atoms with Gasteiger partial charge in [0.2, 0.25) is 0 Å². The van der Waals surface area contributed by atoms with Gasteiger partial charge in [0.1, 0.15) is 0 Å². The van der Waals surface area contributed by atoms with E-state index in [0.717, 1.165) is 38.4 Å². The molecule has 0 bridgehead atoms. The molecule has 0 atom stereocenters. The van der Waals surface area contributed by atoms with Crippen molar-refractivity contribution in [3.63, 3.8) is 0 Å². The highest BCUT2D eigenvalue weighted by molar-refractivity contribution is 5.36. The Morgan fingerprint density at radius 3 is 2.72 bits per heavy atom. The summed E-state index contributed by atoms with van der Waals surface area (Å²) in [5.41, 5.74) is 0.452. The van der Waals surface area contributed by atoms with E-state index in [0.29, 0.717) is 11.4 Å². The van der Waals surface area contributed by atoms with Crippen LogP contribution in [-0.2, 0) is 4.74 Å². The Balaban J connectivity index is 2.03. The van der Waals surface area contributed by atoms with Crippen LogP contribution in [0, 0.1) is 5.92 Å². The van der Waals surface area contributed by atoms with Gasteiger partial charge in [-0.05, 0) is 30.9 Å². The van der Waals surface area contributed by atoms with Crippen LogP contribution in [0.15, 0.2) is 17.2 Å². The first-order chi connectivity index (χ1) is 8.74. The van der Waals surface area contributed by atoms with Crippen molar-refractivity contribution in [3.8, 4) is 0 Å². The lowest BCUT2D eigenvalue weighted by atomic mass is 9.98. The first-order valence-electron chi connectivity index (χ1n) is 6.08. The molecule has 0 radical (unpaired) electrons. The van der Waals surface area contributed by atoms with Crippen LogP contribution in [0.3, 0.4) is 0 Å². The lowest BCUT2D eigenvalue weighted by molar-refractivity contribution is 0.139. The molecule has 4 N–H and O–H groups in total. The fourth-order valence-electron chi connectivity index (χ4n) is 2.26. The Kier molecular flexibility index (Phi) is 4.03. The maximum Gasteiger partial charge on any atom is 0.190 e. The van der Waals surface area contributed by atoms with Crippen LogP contribution in [0.5, 0.6) is 0 Å². The molecule has 7 nitrogen and oxygen atoms in total. The van der Waals surface area contributed by atoms with Gasteiger partial charge in [-0.2, -0.15) is 9.89 Å². The molecule has 0 amide bonds. The summed E-state index contributed by atoms with van der Waals surface area (Å²) in [6.45, 7) is 2.78. The summed E-state index contributed by atoms with van der Waals surface area (Å²) in [5, 5.41) is 7.79. The van der Waals surface area contributed by atoms with Gasteiger partial charge in [-0.15, -0.1) is 5.10 Å². The topological polar surface area (TPSA) is 94.7 Å². The number of aromatic nitrogens is 2. The van der Waals surface area contributed by atoms with Crippen LogP contribution in [0.25, 0.3) is 0 Å². The zero-order chi connectivity index (χ0) is 13.0. The summed E-state index contributed by atoms with van der Waals surface area (Å²) in [6, 6.07) is 3.66. The highest BCUT2D eigenvalue weighted by Crippen LogP contribution is 2.20. The minimum Gasteiger partial charge on any atom is -0.384 e. The van der Waals surface area contributed by atoms with E-state index in [9.17, 15) is 0 Å². The van der Waals surface area contributed by atoms with E-state index in [1.165, 1.54) is 4.79 Å². The standard InChI is InChI=1S/C11H20N6O/c1-18-8-9-4-6-16(7-5-9)11-3-2-10(14-12)17(13)15-11/h2-3,9H,4-8,12-13H2,1H3/b14-10-. The van der Waals surface area contributed by atoms with Crippen molar-refractivity contribution >= 4 is 5.82 Å². The van der Waals surface area contributed by atoms with Crippen molar-refractivity contribution in [2.45, 2.75) is 12.8 Å². The number of hydrogen-bond donors (Lipinski definition) is 2. The molecule has 1 aliphatic heterocycles. The van der Waals surface area contributed by atoms with Gasteiger partial charge in [-0.1, -0.05) is 0 Å². The van der Waals surface area contributed by atoms with Gasteiger partial charge in [0.15, 0.2) is 11.3 Å². The van der Waals surface area contributed by atoms with Crippen LogP contribution < -0.4 is 22.1 Å². The van der Waals surface area contributed by atoms with Crippen molar-refractivity contribution in [1.29, 1.82) is 0 Å². The summed E-state index contributed by atoms with van der Waals surface area (Å²) in [7, 11) is 1.75. The largest absolute Gasteiger partial charge is 0.384 e. The van der Waals surface area contributed by atoms with E-state index in [2.05, 4.69) is 15.1 Å². The maximum atomic E-state index is 5.70. The number of hydrogen-bond acceptors (Lipinski definition) is 6. The fraction of sp³-hybridized carbons (Fsp3) is 0.636. The smallest absolute Gasteiger partial charge is 0.190 e. The van der Waals surface area contributed by atoms with Crippen LogP contribution in [-0.4, -0.2) is 36.7 Å². The average Bonchev–Trinajstić information content (AvgIpc) is 2.40. The van der Waals surface area contributed by atoms with E-state index < -0.39 is 0 Å². The quantitative estimate of drug-likeness (QED) is 0.544. The van der Waals surface area contributed by atoms with E-state index >= 15 is 0 Å². The van der Waals surface area contributed by atoms with Crippen LogP contribution >= 0.6 is 0 Å². The Bertz CT molecular complexity index is 449. The Hall–Kier alpha value is -1.76. The summed E-state index contributed by atoms with van der Waals surface area (Å²) in [6.07, 6.45) is 2.23. The molecule has 1 fully saturated rings. The zero-order valence-electron chi connectivity index (χ0n) is 10.6. The second-order valence-corrected chi connectivity index (χ2v) is 4.51. The molecule has 18 heavy (non-hydrogen) atoms. The number of rotatable bonds is 3. The van der Waals surface area contributed by atoms with Crippen LogP contribution in [0.1, 0.15) is 12.8 Å². The van der Waals surface area contributed by atoms with Crippen LogP contribution in [0.2, 0.25) is 0 Å². The molecular formula is C11H20N6O. The third-order valence-electron chi connectivity index (χ3n) is 3.30. The highest BCUT2D eigenvalue weighted by Gasteiger charge is 2.20. The highest BCUT2D eigenvalue weighted by atomic mass is 16.5. The second kappa shape index (κ2) is 5.72. The molecule has 1 saturated heterocycles. The molecule has 0 unspecified atom stereocenters. The van der Waals surface area contributed by atoms with Crippen molar-refractivity contribution in [1.82, 2.24) is 9.89 Å². The van der Waals surface area contributed by atoms with Crippen molar-refractivity contribution in [2.75, 3.05) is 37.5 Å². The number of anilines is 1. The summed E-state index contributed by atoms with van der Waals surface area (Å²) >= 11 is 0. The average molecular weight is 252 g/mol. The number of ether oxygens (including phenoxy) is 1. The minimum absolute atomic E-state index is 0.452.